The van der Waals surface area contributed by atoms with Crippen molar-refractivity contribution in [3.05, 3.63) is 24.0 Å². The second-order valence-electron chi connectivity index (χ2n) is 7.74. The summed E-state index contributed by atoms with van der Waals surface area (Å²) in [5.74, 6) is -1.45. The van der Waals surface area contributed by atoms with Crippen LogP contribution in [0.25, 0.3) is 0 Å². The van der Waals surface area contributed by atoms with Crippen LogP contribution >= 0.6 is 0 Å². The van der Waals surface area contributed by atoms with Crippen LogP contribution in [0.2, 0.25) is 0 Å². The van der Waals surface area contributed by atoms with Crippen LogP contribution < -0.4 is 0 Å². The van der Waals surface area contributed by atoms with Crippen molar-refractivity contribution in [2.24, 2.45) is 29.1 Å². The maximum Gasteiger partial charge on any atom is 0.312 e. The number of ether oxygens (including phenoxy) is 4. The SMILES string of the molecule is C=C1CC[C@H]2[C@@H]([C@H]3C(COC(C)=O)=CO[C@H](OC(C)=O)[C@@H]13)[C@]2(C)C(=O)OC. The van der Waals surface area contributed by atoms with Gasteiger partial charge in [-0.3, -0.25) is 14.4 Å². The largest absolute Gasteiger partial charge is 0.469 e. The topological polar surface area (TPSA) is 88.1 Å². The highest BCUT2D eigenvalue weighted by Crippen LogP contribution is 2.70. The highest BCUT2D eigenvalue weighted by Gasteiger charge is 2.72. The summed E-state index contributed by atoms with van der Waals surface area (Å²) in [6.45, 7) is 8.84. The van der Waals surface area contributed by atoms with Gasteiger partial charge in [-0.2, -0.15) is 0 Å². The van der Waals surface area contributed by atoms with Crippen LogP contribution in [-0.2, 0) is 33.3 Å². The van der Waals surface area contributed by atoms with Gasteiger partial charge in [0.1, 0.15) is 6.61 Å². The van der Waals surface area contributed by atoms with E-state index in [2.05, 4.69) is 6.58 Å². The Kier molecular flexibility index (Phi) is 5.06. The second-order valence-corrected chi connectivity index (χ2v) is 7.74. The van der Waals surface area contributed by atoms with Gasteiger partial charge in [0.2, 0.25) is 6.29 Å². The summed E-state index contributed by atoms with van der Waals surface area (Å²) in [4.78, 5) is 35.4. The average Bonchev–Trinajstić information content (AvgIpc) is 3.25. The van der Waals surface area contributed by atoms with Crippen LogP contribution in [0.15, 0.2) is 24.0 Å². The maximum atomic E-state index is 12.5. The summed E-state index contributed by atoms with van der Waals surface area (Å²) < 4.78 is 21.3. The van der Waals surface area contributed by atoms with Gasteiger partial charge in [0.15, 0.2) is 0 Å². The van der Waals surface area contributed by atoms with Crippen molar-refractivity contribution in [1.29, 1.82) is 0 Å². The van der Waals surface area contributed by atoms with Crippen LogP contribution in [0.4, 0.5) is 0 Å². The van der Waals surface area contributed by atoms with E-state index in [4.69, 9.17) is 18.9 Å². The van der Waals surface area contributed by atoms with Crippen LogP contribution in [0, 0.1) is 29.1 Å². The Morgan fingerprint density at radius 2 is 1.96 bits per heavy atom. The second kappa shape index (κ2) is 7.02. The molecule has 0 unspecified atom stereocenters. The van der Waals surface area contributed by atoms with Crippen molar-refractivity contribution >= 4 is 17.9 Å². The third kappa shape index (κ3) is 3.24. The molecule has 148 valence electrons. The fourth-order valence-corrected chi connectivity index (χ4v) is 4.95. The molecule has 27 heavy (non-hydrogen) atoms. The summed E-state index contributed by atoms with van der Waals surface area (Å²) in [6, 6.07) is 0. The number of carbonyl (C=O) groups excluding carboxylic acids is 3. The molecule has 1 heterocycles. The van der Waals surface area contributed by atoms with Crippen molar-refractivity contribution in [3.63, 3.8) is 0 Å². The minimum Gasteiger partial charge on any atom is -0.469 e. The highest BCUT2D eigenvalue weighted by atomic mass is 16.7. The molecule has 7 heteroatoms. The predicted octanol–water partition coefficient (Wildman–Crippen LogP) is 2.36. The standard InChI is InChI=1S/C20H26O7/c1-10-6-7-14-17(20(14,4)19(23)24-5)16-13(8-25-11(2)21)9-26-18(15(10)16)27-12(3)22/h9,14-18H,1,6-8H2,2-5H3/t14-,15-,16-,17-,18+,20+/m0/s1. The number of methoxy groups -OCH3 is 1. The molecule has 0 saturated heterocycles. The lowest BCUT2D eigenvalue weighted by Crippen LogP contribution is -2.41. The zero-order valence-electron chi connectivity index (χ0n) is 16.2. The number of hydrogen-bond donors (Lipinski definition) is 0. The minimum atomic E-state index is -0.803. The summed E-state index contributed by atoms with van der Waals surface area (Å²) >= 11 is 0. The number of fused-ring (bicyclic) bond motifs is 3. The van der Waals surface area contributed by atoms with Crippen molar-refractivity contribution in [3.8, 4) is 0 Å². The quantitative estimate of drug-likeness (QED) is 0.421. The molecule has 6 atom stereocenters. The fourth-order valence-electron chi connectivity index (χ4n) is 4.95. The van der Waals surface area contributed by atoms with Crippen molar-refractivity contribution in [2.75, 3.05) is 13.7 Å². The molecule has 0 aromatic heterocycles. The zero-order valence-corrected chi connectivity index (χ0v) is 16.2. The van der Waals surface area contributed by atoms with Gasteiger partial charge in [0, 0.05) is 25.3 Å². The number of rotatable bonds is 4. The van der Waals surface area contributed by atoms with E-state index in [-0.39, 0.29) is 36.2 Å². The van der Waals surface area contributed by atoms with Crippen molar-refractivity contribution in [2.45, 2.75) is 39.9 Å². The third-order valence-corrected chi connectivity index (χ3v) is 6.23. The number of hydrogen-bond acceptors (Lipinski definition) is 7. The highest BCUT2D eigenvalue weighted by molar-refractivity contribution is 5.81. The monoisotopic (exact) mass is 378 g/mol. The Hall–Kier alpha value is -2.31. The Morgan fingerprint density at radius 1 is 1.26 bits per heavy atom. The predicted molar refractivity (Wildman–Crippen MR) is 93.8 cm³/mol. The zero-order chi connectivity index (χ0) is 19.9. The van der Waals surface area contributed by atoms with E-state index >= 15 is 0 Å². The fraction of sp³-hybridized carbons (Fsp3) is 0.650. The molecular weight excluding hydrogens is 352 g/mol. The van der Waals surface area contributed by atoms with Gasteiger partial charge in [-0.1, -0.05) is 12.2 Å². The van der Waals surface area contributed by atoms with Crippen LogP contribution in [-0.4, -0.2) is 37.9 Å². The first-order valence-corrected chi connectivity index (χ1v) is 9.12. The van der Waals surface area contributed by atoms with Crippen LogP contribution in [0.5, 0.6) is 0 Å². The molecule has 0 spiro atoms. The first kappa shape index (κ1) is 19.5. The van der Waals surface area contributed by atoms with E-state index < -0.39 is 23.6 Å². The lowest BCUT2D eigenvalue weighted by Gasteiger charge is -2.38. The molecule has 1 aliphatic heterocycles. The van der Waals surface area contributed by atoms with Gasteiger partial charge in [-0.05, 0) is 31.6 Å². The van der Waals surface area contributed by atoms with Gasteiger partial charge in [-0.25, -0.2) is 0 Å². The van der Waals surface area contributed by atoms with Gasteiger partial charge in [-0.15, -0.1) is 0 Å². The number of esters is 3. The summed E-state index contributed by atoms with van der Waals surface area (Å²) in [6.07, 6.45) is 2.21. The molecular formula is C20H26O7. The van der Waals surface area contributed by atoms with Gasteiger partial charge < -0.3 is 18.9 Å². The lowest BCUT2D eigenvalue weighted by molar-refractivity contribution is -0.181. The molecule has 0 aromatic rings. The Bertz CT molecular complexity index is 709. The summed E-state index contributed by atoms with van der Waals surface area (Å²) in [5, 5.41) is 0. The first-order chi connectivity index (χ1) is 12.7. The van der Waals surface area contributed by atoms with Crippen molar-refractivity contribution in [1.82, 2.24) is 0 Å². The van der Waals surface area contributed by atoms with E-state index in [0.29, 0.717) is 6.42 Å². The molecule has 0 radical (unpaired) electrons. The molecule has 0 bridgehead atoms. The van der Waals surface area contributed by atoms with Crippen LogP contribution in [0.3, 0.4) is 0 Å². The summed E-state index contributed by atoms with van der Waals surface area (Å²) in [7, 11) is 1.39. The number of carbonyl (C=O) groups is 3. The average molecular weight is 378 g/mol. The molecule has 3 rings (SSSR count). The Morgan fingerprint density at radius 3 is 2.56 bits per heavy atom. The van der Waals surface area contributed by atoms with E-state index in [0.717, 1.165) is 17.6 Å². The smallest absolute Gasteiger partial charge is 0.312 e. The van der Waals surface area contributed by atoms with Gasteiger partial charge >= 0.3 is 17.9 Å². The Labute approximate surface area is 158 Å². The van der Waals surface area contributed by atoms with Crippen LogP contribution in [0.1, 0.15) is 33.6 Å². The van der Waals surface area contributed by atoms with E-state index in [1.807, 2.05) is 6.92 Å². The molecule has 2 saturated carbocycles. The van der Waals surface area contributed by atoms with E-state index in [1.165, 1.54) is 27.2 Å². The van der Waals surface area contributed by atoms with Crippen molar-refractivity contribution < 1.29 is 33.3 Å². The Balaban J connectivity index is 1.99. The molecule has 0 amide bonds. The molecule has 0 N–H and O–H groups in total. The van der Waals surface area contributed by atoms with E-state index in [9.17, 15) is 14.4 Å². The molecule has 0 aromatic carbocycles. The normalized spacial score (nSPS) is 36.8. The van der Waals surface area contributed by atoms with Gasteiger partial charge in [0.25, 0.3) is 0 Å². The molecule has 2 fully saturated rings. The third-order valence-electron chi connectivity index (χ3n) is 6.23. The maximum absolute atomic E-state index is 12.5. The molecule has 7 nitrogen and oxygen atoms in total. The van der Waals surface area contributed by atoms with E-state index in [1.54, 1.807) is 0 Å². The lowest BCUT2D eigenvalue weighted by atomic mass is 9.75. The first-order valence-electron chi connectivity index (χ1n) is 9.12. The summed E-state index contributed by atoms with van der Waals surface area (Å²) in [5.41, 5.74) is 1.06. The molecule has 2 aliphatic carbocycles. The minimum absolute atomic E-state index is 0.0158. The molecule has 3 aliphatic rings. The van der Waals surface area contributed by atoms with Gasteiger partial charge in [0.05, 0.1) is 24.7 Å².